The van der Waals surface area contributed by atoms with Gasteiger partial charge in [-0.25, -0.2) is 0 Å². The first-order valence-corrected chi connectivity index (χ1v) is 18.1. The summed E-state index contributed by atoms with van der Waals surface area (Å²) < 4.78 is 4.75. The molecule has 0 spiro atoms. The zero-order valence-corrected chi connectivity index (χ0v) is 28.8. The molecule has 2 aromatic heterocycles. The predicted molar refractivity (Wildman–Crippen MR) is 219 cm³/mol. The lowest BCUT2D eigenvalue weighted by Gasteiger charge is -2.10. The van der Waals surface area contributed by atoms with Gasteiger partial charge in [0.2, 0.25) is 0 Å². The van der Waals surface area contributed by atoms with Gasteiger partial charge in [-0.05, 0) is 94.8 Å². The highest BCUT2D eigenvalue weighted by Gasteiger charge is 2.13. The third-order valence-corrected chi connectivity index (χ3v) is 10.6. The number of benzene rings is 8. The molecule has 0 fully saturated rings. The Morgan fingerprint density at radius 3 is 0.788 bits per heavy atom. The molecule has 0 aliphatic heterocycles. The lowest BCUT2D eigenvalue weighted by atomic mass is 9.98. The monoisotopic (exact) mass is 664 g/mol. The molecule has 2 nitrogen and oxygen atoms in total. The lowest BCUT2D eigenvalue weighted by Crippen LogP contribution is -1.95. The van der Waals surface area contributed by atoms with E-state index in [-0.39, 0.29) is 0 Å². The minimum Gasteiger partial charge on any atom is -0.309 e. The highest BCUT2D eigenvalue weighted by molar-refractivity contribution is 6.10. The molecule has 0 saturated heterocycles. The molecule has 0 radical (unpaired) electrons. The molecule has 10 aromatic rings. The van der Waals surface area contributed by atoms with Crippen molar-refractivity contribution in [3.8, 4) is 22.5 Å². The van der Waals surface area contributed by atoms with Crippen LogP contribution in [0.25, 0.3) is 66.1 Å². The molecule has 0 aliphatic carbocycles. The standard InChI is InChI=1S/C50H36N2/c1-5-13-47-43(9-1)44-10-2-6-14-48(44)51(47)41-29-21-37(22-30-41)33-35-17-25-39(26-18-35)40-27-19-36(20-28-40)34-38-23-31-42(32-24-38)52-49-15-7-3-11-45(49)46-12-4-8-16-50(46)52/h1-32H,33-34H2. The van der Waals surface area contributed by atoms with Gasteiger partial charge in [0.05, 0.1) is 22.1 Å². The molecule has 0 N–H and O–H groups in total. The molecule has 52 heavy (non-hydrogen) atoms. The van der Waals surface area contributed by atoms with E-state index in [0.717, 1.165) is 12.8 Å². The summed E-state index contributed by atoms with van der Waals surface area (Å²) in [7, 11) is 0. The number of hydrogen-bond acceptors (Lipinski definition) is 0. The Bertz CT molecular complexity index is 2540. The normalized spacial score (nSPS) is 11.6. The predicted octanol–water partition coefficient (Wildman–Crippen LogP) is 12.7. The van der Waals surface area contributed by atoms with Crippen LogP contribution in [0.3, 0.4) is 0 Å². The van der Waals surface area contributed by atoms with E-state index in [1.807, 2.05) is 0 Å². The summed E-state index contributed by atoms with van der Waals surface area (Å²) in [5, 5.41) is 5.16. The van der Waals surface area contributed by atoms with Gasteiger partial charge >= 0.3 is 0 Å². The molecular weight excluding hydrogens is 629 g/mol. The fourth-order valence-electron chi connectivity index (χ4n) is 8.03. The van der Waals surface area contributed by atoms with Gasteiger partial charge in [0, 0.05) is 32.9 Å². The topological polar surface area (TPSA) is 9.86 Å². The third kappa shape index (κ3) is 5.28. The van der Waals surface area contributed by atoms with Gasteiger partial charge in [-0.1, -0.05) is 146 Å². The maximum Gasteiger partial charge on any atom is 0.0541 e. The Morgan fingerprint density at radius 1 is 0.250 bits per heavy atom. The van der Waals surface area contributed by atoms with Crippen molar-refractivity contribution in [2.24, 2.45) is 0 Å². The van der Waals surface area contributed by atoms with Crippen LogP contribution in [0.1, 0.15) is 22.3 Å². The van der Waals surface area contributed by atoms with Crippen molar-refractivity contribution in [1.29, 1.82) is 0 Å². The SMILES string of the molecule is c1ccc2c(c1)c1ccccc1n2-c1ccc(Cc2ccc(-c3ccc(Cc4ccc(-n5c6ccccc6c6ccccc65)cc4)cc3)cc2)cc1. The second-order valence-electron chi connectivity index (χ2n) is 13.8. The van der Waals surface area contributed by atoms with E-state index in [4.69, 9.17) is 0 Å². The average molecular weight is 665 g/mol. The second kappa shape index (κ2) is 12.6. The van der Waals surface area contributed by atoms with Gasteiger partial charge in [0.1, 0.15) is 0 Å². The molecule has 0 unspecified atom stereocenters. The van der Waals surface area contributed by atoms with Crippen molar-refractivity contribution in [2.45, 2.75) is 12.8 Å². The van der Waals surface area contributed by atoms with E-state index in [2.05, 4.69) is 203 Å². The zero-order valence-electron chi connectivity index (χ0n) is 28.8. The van der Waals surface area contributed by atoms with Crippen molar-refractivity contribution in [3.63, 3.8) is 0 Å². The summed E-state index contributed by atoms with van der Waals surface area (Å²) in [6, 6.07) is 70.9. The van der Waals surface area contributed by atoms with E-state index >= 15 is 0 Å². The van der Waals surface area contributed by atoms with Crippen LogP contribution in [0.15, 0.2) is 194 Å². The van der Waals surface area contributed by atoms with Crippen molar-refractivity contribution in [2.75, 3.05) is 0 Å². The summed E-state index contributed by atoms with van der Waals surface area (Å²) in [4.78, 5) is 0. The molecule has 246 valence electrons. The van der Waals surface area contributed by atoms with Crippen LogP contribution in [0.4, 0.5) is 0 Å². The van der Waals surface area contributed by atoms with Crippen LogP contribution < -0.4 is 0 Å². The summed E-state index contributed by atoms with van der Waals surface area (Å²) in [6.45, 7) is 0. The lowest BCUT2D eigenvalue weighted by molar-refractivity contribution is 1.15. The molecule has 10 rings (SSSR count). The third-order valence-electron chi connectivity index (χ3n) is 10.6. The Balaban J connectivity index is 0.822. The Morgan fingerprint density at radius 2 is 0.500 bits per heavy atom. The minimum absolute atomic E-state index is 0.905. The summed E-state index contributed by atoms with van der Waals surface area (Å²) >= 11 is 0. The fraction of sp³-hybridized carbons (Fsp3) is 0.0400. The highest BCUT2D eigenvalue weighted by Crippen LogP contribution is 2.33. The van der Waals surface area contributed by atoms with Gasteiger partial charge in [-0.2, -0.15) is 0 Å². The number of hydrogen-bond donors (Lipinski definition) is 0. The van der Waals surface area contributed by atoms with Crippen LogP contribution in [-0.4, -0.2) is 9.13 Å². The maximum atomic E-state index is 2.37. The van der Waals surface area contributed by atoms with Gasteiger partial charge in [0.25, 0.3) is 0 Å². The average Bonchev–Trinajstić information content (AvgIpc) is 3.73. The van der Waals surface area contributed by atoms with E-state index in [1.54, 1.807) is 0 Å². The number of nitrogens with zero attached hydrogens (tertiary/aromatic N) is 2. The van der Waals surface area contributed by atoms with E-state index in [9.17, 15) is 0 Å². The Kier molecular flexibility index (Phi) is 7.32. The Hall–Kier alpha value is -6.64. The van der Waals surface area contributed by atoms with Crippen molar-refractivity contribution in [1.82, 2.24) is 9.13 Å². The van der Waals surface area contributed by atoms with E-state index in [0.29, 0.717) is 0 Å². The molecule has 8 aromatic carbocycles. The first-order chi connectivity index (χ1) is 25.8. The van der Waals surface area contributed by atoms with Gasteiger partial charge in [0.15, 0.2) is 0 Å². The molecule has 2 heteroatoms. The van der Waals surface area contributed by atoms with Crippen LogP contribution in [-0.2, 0) is 12.8 Å². The van der Waals surface area contributed by atoms with Crippen LogP contribution in [0.2, 0.25) is 0 Å². The Labute approximate surface area is 303 Å². The minimum atomic E-state index is 0.905. The number of fused-ring (bicyclic) bond motifs is 6. The van der Waals surface area contributed by atoms with Crippen LogP contribution in [0, 0.1) is 0 Å². The summed E-state index contributed by atoms with van der Waals surface area (Å²) in [6.07, 6.45) is 1.81. The number of aromatic nitrogens is 2. The number of para-hydroxylation sites is 4. The maximum absolute atomic E-state index is 2.37. The second-order valence-corrected chi connectivity index (χ2v) is 13.8. The van der Waals surface area contributed by atoms with E-state index in [1.165, 1.54) is 88.4 Å². The zero-order chi connectivity index (χ0) is 34.4. The van der Waals surface area contributed by atoms with Crippen LogP contribution in [0.5, 0.6) is 0 Å². The largest absolute Gasteiger partial charge is 0.309 e. The molecule has 0 aliphatic rings. The fourth-order valence-corrected chi connectivity index (χ4v) is 8.03. The first kappa shape index (κ1) is 30.2. The van der Waals surface area contributed by atoms with Crippen molar-refractivity contribution in [3.05, 3.63) is 216 Å². The summed E-state index contributed by atoms with van der Waals surface area (Å²) in [5.74, 6) is 0. The smallest absolute Gasteiger partial charge is 0.0541 e. The summed E-state index contributed by atoms with van der Waals surface area (Å²) in [5.41, 5.74) is 15.1. The highest BCUT2D eigenvalue weighted by atomic mass is 15.0. The van der Waals surface area contributed by atoms with Crippen molar-refractivity contribution < 1.29 is 0 Å². The molecule has 2 heterocycles. The van der Waals surface area contributed by atoms with Crippen LogP contribution >= 0.6 is 0 Å². The molecule has 0 atom stereocenters. The molecule has 0 amide bonds. The quantitative estimate of drug-likeness (QED) is 0.160. The molecule has 0 bridgehead atoms. The van der Waals surface area contributed by atoms with Crippen molar-refractivity contribution >= 4 is 43.6 Å². The van der Waals surface area contributed by atoms with Gasteiger partial charge < -0.3 is 9.13 Å². The first-order valence-electron chi connectivity index (χ1n) is 18.1. The number of rotatable bonds is 7. The molecule has 0 saturated carbocycles. The van der Waals surface area contributed by atoms with E-state index < -0.39 is 0 Å². The van der Waals surface area contributed by atoms with Gasteiger partial charge in [-0.15, -0.1) is 0 Å². The molecular formula is C50H36N2. The van der Waals surface area contributed by atoms with Gasteiger partial charge in [-0.3, -0.25) is 0 Å².